The number of benzene rings is 1. The third-order valence-electron chi connectivity index (χ3n) is 3.09. The number of alkyl halides is 2. The van der Waals surface area contributed by atoms with Crippen LogP contribution < -0.4 is 14.8 Å². The maximum atomic E-state index is 12.9. The van der Waals surface area contributed by atoms with E-state index >= 15 is 0 Å². The Kier molecular flexibility index (Phi) is 2.77. The molecule has 0 aliphatic carbocycles. The van der Waals surface area contributed by atoms with Gasteiger partial charge in [0, 0.05) is 25.0 Å². The van der Waals surface area contributed by atoms with Crippen molar-refractivity contribution in [3.05, 3.63) is 36.2 Å². The molecule has 2 aromatic rings. The molecule has 0 spiro atoms. The summed E-state index contributed by atoms with van der Waals surface area (Å²) in [6.07, 6.45) is -1.89. The minimum atomic E-state index is -3.59. The lowest BCUT2D eigenvalue weighted by Crippen LogP contribution is -2.25. The van der Waals surface area contributed by atoms with E-state index in [2.05, 4.69) is 19.9 Å². The van der Waals surface area contributed by atoms with Gasteiger partial charge in [-0.1, -0.05) is 0 Å². The molecule has 2 heterocycles. The van der Waals surface area contributed by atoms with Gasteiger partial charge in [-0.2, -0.15) is 5.10 Å². The Morgan fingerprint density at radius 3 is 2.70 bits per heavy atom. The van der Waals surface area contributed by atoms with E-state index < -0.39 is 6.29 Å². The van der Waals surface area contributed by atoms with Crippen LogP contribution in [0.3, 0.4) is 0 Å². The Hall–Kier alpha value is -2.31. The molecule has 1 aliphatic rings. The van der Waals surface area contributed by atoms with Crippen LogP contribution in [0.1, 0.15) is 18.7 Å². The molecule has 1 atom stereocenters. The molecule has 1 unspecified atom stereocenters. The summed E-state index contributed by atoms with van der Waals surface area (Å²) in [7, 11) is 1.84. The van der Waals surface area contributed by atoms with E-state index in [1.807, 2.05) is 20.0 Å². The highest BCUT2D eigenvalue weighted by atomic mass is 19.3. The van der Waals surface area contributed by atoms with Crippen molar-refractivity contribution in [3.8, 4) is 11.5 Å². The van der Waals surface area contributed by atoms with Gasteiger partial charge in [-0.15, -0.1) is 8.78 Å². The predicted octanol–water partition coefficient (Wildman–Crippen LogP) is 2.91. The predicted molar refractivity (Wildman–Crippen MR) is 67.9 cm³/mol. The first kappa shape index (κ1) is 12.7. The molecule has 20 heavy (non-hydrogen) atoms. The topological polar surface area (TPSA) is 48.3 Å². The molecule has 0 amide bonds. The standard InChI is InChI=1S/C13H13F2N3O2/c1-8(10-5-6-16-18(10)2)17-9-3-4-11-12(7-9)20-13(14,15)19-11/h3-8,17H,1-2H3. The summed E-state index contributed by atoms with van der Waals surface area (Å²) in [5.41, 5.74) is 1.65. The minimum Gasteiger partial charge on any atom is -0.395 e. The minimum absolute atomic E-state index is 0.0246. The fraction of sp³-hybridized carbons (Fsp3) is 0.308. The molecule has 5 nitrogen and oxygen atoms in total. The molecular formula is C13H13F2N3O2. The molecule has 7 heteroatoms. The van der Waals surface area contributed by atoms with Crippen LogP contribution in [-0.4, -0.2) is 16.1 Å². The molecule has 0 radical (unpaired) electrons. The Bertz CT molecular complexity index is 642. The number of hydrogen-bond acceptors (Lipinski definition) is 4. The van der Waals surface area contributed by atoms with Crippen LogP contribution in [-0.2, 0) is 7.05 Å². The summed E-state index contributed by atoms with van der Waals surface area (Å²) in [5, 5.41) is 7.29. The maximum Gasteiger partial charge on any atom is 0.586 e. The highest BCUT2D eigenvalue weighted by Crippen LogP contribution is 2.42. The second-order valence-corrected chi connectivity index (χ2v) is 4.57. The van der Waals surface area contributed by atoms with Gasteiger partial charge in [0.15, 0.2) is 11.5 Å². The summed E-state index contributed by atoms with van der Waals surface area (Å²) >= 11 is 0. The van der Waals surface area contributed by atoms with Crippen molar-refractivity contribution in [2.24, 2.45) is 7.05 Å². The smallest absolute Gasteiger partial charge is 0.395 e. The van der Waals surface area contributed by atoms with E-state index in [0.29, 0.717) is 5.69 Å². The monoisotopic (exact) mass is 281 g/mol. The second-order valence-electron chi connectivity index (χ2n) is 4.57. The lowest BCUT2D eigenvalue weighted by atomic mass is 10.2. The van der Waals surface area contributed by atoms with Crippen LogP contribution >= 0.6 is 0 Å². The number of nitrogens with one attached hydrogen (secondary N) is 1. The number of aromatic nitrogens is 2. The highest BCUT2D eigenvalue weighted by molar-refractivity contribution is 5.56. The van der Waals surface area contributed by atoms with E-state index in [1.165, 1.54) is 12.1 Å². The number of hydrogen-bond donors (Lipinski definition) is 1. The Morgan fingerprint density at radius 2 is 2.00 bits per heavy atom. The van der Waals surface area contributed by atoms with Gasteiger partial charge < -0.3 is 14.8 Å². The Balaban J connectivity index is 1.79. The van der Waals surface area contributed by atoms with Gasteiger partial charge in [0.05, 0.1) is 11.7 Å². The van der Waals surface area contributed by atoms with Gasteiger partial charge in [0.2, 0.25) is 0 Å². The molecule has 0 saturated carbocycles. The van der Waals surface area contributed by atoms with Crippen molar-refractivity contribution >= 4 is 5.69 Å². The molecule has 1 aromatic carbocycles. The molecular weight excluding hydrogens is 268 g/mol. The van der Waals surface area contributed by atoms with Crippen molar-refractivity contribution in [3.63, 3.8) is 0 Å². The Morgan fingerprint density at radius 1 is 1.25 bits per heavy atom. The first-order chi connectivity index (χ1) is 9.44. The average Bonchev–Trinajstić information content (AvgIpc) is 2.90. The zero-order valence-electron chi connectivity index (χ0n) is 10.9. The number of aryl methyl sites for hydroxylation is 1. The van der Waals surface area contributed by atoms with Gasteiger partial charge in [-0.25, -0.2) is 0 Å². The summed E-state index contributed by atoms with van der Waals surface area (Å²) in [6.45, 7) is 1.95. The maximum absolute atomic E-state index is 12.9. The van der Waals surface area contributed by atoms with Crippen molar-refractivity contribution in [2.75, 3.05) is 5.32 Å². The molecule has 106 valence electrons. The summed E-state index contributed by atoms with van der Waals surface area (Å²) < 4.78 is 36.4. The van der Waals surface area contributed by atoms with Gasteiger partial charge in [0.25, 0.3) is 0 Å². The van der Waals surface area contributed by atoms with Crippen molar-refractivity contribution in [2.45, 2.75) is 19.3 Å². The molecule has 0 fully saturated rings. The third-order valence-corrected chi connectivity index (χ3v) is 3.09. The van der Waals surface area contributed by atoms with Crippen LogP contribution in [0.15, 0.2) is 30.5 Å². The zero-order valence-corrected chi connectivity index (χ0v) is 10.9. The molecule has 1 aliphatic heterocycles. The molecule has 0 bridgehead atoms. The summed E-state index contributed by atoms with van der Waals surface area (Å²) in [6, 6.07) is 6.47. The number of fused-ring (bicyclic) bond motifs is 1. The lowest BCUT2D eigenvalue weighted by Gasteiger charge is -2.15. The van der Waals surface area contributed by atoms with Crippen LogP contribution in [0.2, 0.25) is 0 Å². The van der Waals surface area contributed by atoms with Crippen LogP contribution in [0.4, 0.5) is 14.5 Å². The number of rotatable bonds is 3. The fourth-order valence-electron chi connectivity index (χ4n) is 2.17. The first-order valence-electron chi connectivity index (χ1n) is 6.09. The lowest BCUT2D eigenvalue weighted by molar-refractivity contribution is -0.286. The highest BCUT2D eigenvalue weighted by Gasteiger charge is 2.43. The van der Waals surface area contributed by atoms with E-state index in [-0.39, 0.29) is 17.5 Å². The van der Waals surface area contributed by atoms with Crippen molar-refractivity contribution in [1.82, 2.24) is 9.78 Å². The number of nitrogens with zero attached hydrogens (tertiary/aromatic N) is 2. The fourth-order valence-corrected chi connectivity index (χ4v) is 2.17. The molecule has 1 N–H and O–H groups in total. The van der Waals surface area contributed by atoms with E-state index in [4.69, 9.17) is 0 Å². The number of ether oxygens (including phenoxy) is 2. The number of halogens is 2. The van der Waals surface area contributed by atoms with Crippen molar-refractivity contribution in [1.29, 1.82) is 0 Å². The van der Waals surface area contributed by atoms with Gasteiger partial charge in [-0.05, 0) is 25.1 Å². The van der Waals surface area contributed by atoms with E-state index in [0.717, 1.165) is 5.69 Å². The zero-order chi connectivity index (χ0) is 14.3. The first-order valence-corrected chi connectivity index (χ1v) is 6.09. The van der Waals surface area contributed by atoms with Crippen LogP contribution in [0, 0.1) is 0 Å². The Labute approximate surface area is 114 Å². The van der Waals surface area contributed by atoms with E-state index in [9.17, 15) is 8.78 Å². The number of anilines is 1. The normalized spacial score (nSPS) is 17.0. The quantitative estimate of drug-likeness (QED) is 0.939. The molecule has 0 saturated heterocycles. The molecule has 3 rings (SSSR count). The SMILES string of the molecule is CC(Nc1ccc2c(c1)OC(F)(F)O2)c1ccnn1C. The van der Waals surface area contributed by atoms with Gasteiger partial charge in [0.1, 0.15) is 0 Å². The van der Waals surface area contributed by atoms with Crippen LogP contribution in [0.25, 0.3) is 0 Å². The molecule has 1 aromatic heterocycles. The van der Waals surface area contributed by atoms with Crippen LogP contribution in [0.5, 0.6) is 11.5 Å². The third kappa shape index (κ3) is 2.26. The average molecular weight is 281 g/mol. The van der Waals surface area contributed by atoms with Gasteiger partial charge in [-0.3, -0.25) is 4.68 Å². The summed E-state index contributed by atoms with van der Waals surface area (Å²) in [5.74, 6) is 0.0611. The van der Waals surface area contributed by atoms with Crippen molar-refractivity contribution < 1.29 is 18.3 Å². The second kappa shape index (κ2) is 4.36. The largest absolute Gasteiger partial charge is 0.586 e. The summed E-state index contributed by atoms with van der Waals surface area (Å²) in [4.78, 5) is 0. The van der Waals surface area contributed by atoms with Gasteiger partial charge >= 0.3 is 6.29 Å². The van der Waals surface area contributed by atoms with E-state index in [1.54, 1.807) is 16.9 Å².